The molecule has 0 bridgehead atoms. The third-order valence-electron chi connectivity index (χ3n) is 5.65. The lowest BCUT2D eigenvalue weighted by molar-refractivity contribution is 0.176. The van der Waals surface area contributed by atoms with Crippen LogP contribution in [0.15, 0.2) is 48.7 Å². The van der Waals surface area contributed by atoms with E-state index in [1.54, 1.807) is 11.1 Å². The predicted molar refractivity (Wildman–Crippen MR) is 130 cm³/mol. The van der Waals surface area contributed by atoms with Gasteiger partial charge in [-0.3, -0.25) is 0 Å². The number of aliphatic hydroxyl groups is 1. The summed E-state index contributed by atoms with van der Waals surface area (Å²) in [6, 6.07) is 10.7. The summed E-state index contributed by atoms with van der Waals surface area (Å²) < 4.78 is 13.5. The van der Waals surface area contributed by atoms with Crippen molar-refractivity contribution in [2.45, 2.75) is 25.4 Å². The molecule has 0 radical (unpaired) electrons. The normalized spacial score (nSPS) is 13.8. The van der Waals surface area contributed by atoms with Crippen LogP contribution in [0.3, 0.4) is 0 Å². The lowest BCUT2D eigenvalue weighted by atomic mass is 10.1. The Hall–Kier alpha value is -2.94. The zero-order valence-corrected chi connectivity index (χ0v) is 19.8. The van der Waals surface area contributed by atoms with Crippen molar-refractivity contribution in [1.82, 2.24) is 20.2 Å². The van der Waals surface area contributed by atoms with Gasteiger partial charge in [-0.2, -0.15) is 0 Å². The summed E-state index contributed by atoms with van der Waals surface area (Å²) in [5.41, 5.74) is 3.40. The van der Waals surface area contributed by atoms with Gasteiger partial charge in [-0.15, -0.1) is 0 Å². The van der Waals surface area contributed by atoms with Crippen molar-refractivity contribution in [3.63, 3.8) is 0 Å². The van der Waals surface area contributed by atoms with E-state index in [-0.39, 0.29) is 17.7 Å². The molecule has 7 nitrogen and oxygen atoms in total. The number of aromatic nitrogens is 2. The number of carbonyl (C=O) groups is 1. The molecular weight excluding hydrogens is 480 g/mol. The Morgan fingerprint density at radius 1 is 1.24 bits per heavy atom. The maximum Gasteiger partial charge on any atom is 0.318 e. The first-order chi connectivity index (χ1) is 16.4. The molecule has 2 amide bonds. The van der Waals surface area contributed by atoms with Gasteiger partial charge in [0.1, 0.15) is 5.82 Å². The van der Waals surface area contributed by atoms with E-state index in [9.17, 15) is 14.3 Å². The molecule has 2 aromatic carbocycles. The number of benzene rings is 2. The number of nitrogens with zero attached hydrogens (tertiary/aromatic N) is 3. The highest BCUT2D eigenvalue weighted by Crippen LogP contribution is 2.22. The Kier molecular flexibility index (Phi) is 7.82. The Morgan fingerprint density at radius 2 is 2.09 bits per heavy atom. The molecule has 0 unspecified atom stereocenters. The second-order valence-corrected chi connectivity index (χ2v) is 8.85. The van der Waals surface area contributed by atoms with Gasteiger partial charge in [-0.25, -0.2) is 19.2 Å². The van der Waals surface area contributed by atoms with Crippen LogP contribution in [-0.4, -0.2) is 45.7 Å². The van der Waals surface area contributed by atoms with Gasteiger partial charge >= 0.3 is 6.03 Å². The van der Waals surface area contributed by atoms with Gasteiger partial charge in [0, 0.05) is 24.3 Å². The molecule has 0 saturated heterocycles. The quantitative estimate of drug-likeness (QED) is 0.445. The molecule has 3 aromatic rings. The fourth-order valence-corrected chi connectivity index (χ4v) is 4.18. The minimum absolute atomic E-state index is 0.0656. The van der Waals surface area contributed by atoms with Crippen molar-refractivity contribution in [3.8, 4) is 0 Å². The molecule has 0 spiro atoms. The van der Waals surface area contributed by atoms with Crippen LogP contribution < -0.4 is 10.6 Å². The summed E-state index contributed by atoms with van der Waals surface area (Å²) in [4.78, 5) is 23.5. The van der Waals surface area contributed by atoms with Crippen LogP contribution >= 0.6 is 23.2 Å². The number of halogens is 3. The average Bonchev–Trinajstić information content (AvgIpc) is 2.84. The van der Waals surface area contributed by atoms with Crippen molar-refractivity contribution >= 4 is 35.2 Å². The van der Waals surface area contributed by atoms with Crippen LogP contribution in [0.4, 0.5) is 15.1 Å². The SMILES string of the molecule is O=C(N[C@H](CO)c1ccc(F)c(Cl)c1)N1CCc2cnc(NCCc3cccc(Cl)c3)nc2C1. The summed E-state index contributed by atoms with van der Waals surface area (Å²) in [5.74, 6) is -0.0602. The lowest BCUT2D eigenvalue weighted by Gasteiger charge is -2.30. The van der Waals surface area contributed by atoms with Gasteiger partial charge in [-0.05, 0) is 53.8 Å². The van der Waals surface area contributed by atoms with E-state index in [1.165, 1.54) is 18.2 Å². The lowest BCUT2D eigenvalue weighted by Crippen LogP contribution is -2.45. The maximum absolute atomic E-state index is 13.5. The number of anilines is 1. The molecule has 2 heterocycles. The first-order valence-electron chi connectivity index (χ1n) is 10.9. The zero-order chi connectivity index (χ0) is 24.1. The molecule has 0 fully saturated rings. The summed E-state index contributed by atoms with van der Waals surface area (Å²) in [6.07, 6.45) is 3.18. The minimum Gasteiger partial charge on any atom is -0.394 e. The van der Waals surface area contributed by atoms with Crippen LogP contribution in [0.25, 0.3) is 0 Å². The zero-order valence-electron chi connectivity index (χ0n) is 18.3. The summed E-state index contributed by atoms with van der Waals surface area (Å²) in [6.45, 7) is 1.10. The van der Waals surface area contributed by atoms with E-state index < -0.39 is 11.9 Å². The van der Waals surface area contributed by atoms with Gasteiger partial charge in [0.25, 0.3) is 0 Å². The van der Waals surface area contributed by atoms with Gasteiger partial charge in [0.15, 0.2) is 0 Å². The van der Waals surface area contributed by atoms with E-state index in [2.05, 4.69) is 20.6 Å². The summed E-state index contributed by atoms with van der Waals surface area (Å²) in [5, 5.41) is 16.4. The van der Waals surface area contributed by atoms with E-state index in [1.807, 2.05) is 24.3 Å². The molecule has 1 aliphatic heterocycles. The number of carbonyl (C=O) groups excluding carboxylic acids is 1. The van der Waals surface area contributed by atoms with E-state index >= 15 is 0 Å². The number of hydrogen-bond donors (Lipinski definition) is 3. The highest BCUT2D eigenvalue weighted by Gasteiger charge is 2.25. The molecule has 4 rings (SSSR count). The summed E-state index contributed by atoms with van der Waals surface area (Å²) in [7, 11) is 0. The first kappa shape index (κ1) is 24.2. The molecule has 10 heteroatoms. The molecule has 0 saturated carbocycles. The average molecular weight is 504 g/mol. The molecule has 1 aliphatic rings. The van der Waals surface area contributed by atoms with Gasteiger partial charge in [0.2, 0.25) is 5.95 Å². The van der Waals surface area contributed by atoms with Crippen LogP contribution in [-0.2, 0) is 19.4 Å². The van der Waals surface area contributed by atoms with Crippen molar-refractivity contribution in [2.24, 2.45) is 0 Å². The fourth-order valence-electron chi connectivity index (χ4n) is 3.78. The second-order valence-electron chi connectivity index (χ2n) is 8.00. The predicted octanol–water partition coefficient (Wildman–Crippen LogP) is 4.38. The van der Waals surface area contributed by atoms with E-state index in [4.69, 9.17) is 23.2 Å². The van der Waals surface area contributed by atoms with Gasteiger partial charge in [0.05, 0.1) is 29.9 Å². The monoisotopic (exact) mass is 503 g/mol. The van der Waals surface area contributed by atoms with Crippen LogP contribution in [0.2, 0.25) is 10.0 Å². The molecular formula is C24H24Cl2FN5O2. The smallest absolute Gasteiger partial charge is 0.318 e. The highest BCUT2D eigenvalue weighted by atomic mass is 35.5. The Bertz CT molecular complexity index is 1180. The van der Waals surface area contributed by atoms with E-state index in [0.29, 0.717) is 42.6 Å². The third-order valence-corrected chi connectivity index (χ3v) is 6.17. The maximum atomic E-state index is 13.5. The number of hydrogen-bond acceptors (Lipinski definition) is 5. The Labute approximate surface area is 206 Å². The topological polar surface area (TPSA) is 90.4 Å². The second kappa shape index (κ2) is 11.0. The number of aliphatic hydroxyl groups excluding tert-OH is 1. The molecule has 3 N–H and O–H groups in total. The number of nitrogens with one attached hydrogen (secondary N) is 2. The fraction of sp³-hybridized carbons (Fsp3) is 0.292. The highest BCUT2D eigenvalue weighted by molar-refractivity contribution is 6.31. The van der Waals surface area contributed by atoms with Gasteiger partial charge < -0.3 is 20.6 Å². The van der Waals surface area contributed by atoms with E-state index in [0.717, 1.165) is 23.2 Å². The number of fused-ring (bicyclic) bond motifs is 1. The molecule has 1 atom stereocenters. The molecule has 178 valence electrons. The van der Waals surface area contributed by atoms with Crippen molar-refractivity contribution in [2.75, 3.05) is 25.0 Å². The molecule has 0 aliphatic carbocycles. The van der Waals surface area contributed by atoms with Gasteiger partial charge in [-0.1, -0.05) is 41.4 Å². The third kappa shape index (κ3) is 5.94. The van der Waals surface area contributed by atoms with Crippen LogP contribution in [0.1, 0.15) is 28.4 Å². The van der Waals surface area contributed by atoms with Crippen molar-refractivity contribution in [3.05, 3.63) is 86.9 Å². The minimum atomic E-state index is -0.707. The van der Waals surface area contributed by atoms with Crippen LogP contribution in [0.5, 0.6) is 0 Å². The number of amides is 2. The molecule has 1 aromatic heterocycles. The first-order valence-corrected chi connectivity index (χ1v) is 11.6. The number of rotatable bonds is 7. The molecule has 34 heavy (non-hydrogen) atoms. The van der Waals surface area contributed by atoms with Crippen molar-refractivity contribution in [1.29, 1.82) is 0 Å². The van der Waals surface area contributed by atoms with Crippen molar-refractivity contribution < 1.29 is 14.3 Å². The Balaban J connectivity index is 1.36. The largest absolute Gasteiger partial charge is 0.394 e. The number of urea groups is 1. The standard InChI is InChI=1S/C24H24Cl2FN5O2/c25-18-3-1-2-15(10-18)6-8-28-23-29-12-17-7-9-32(13-21(17)30-23)24(34)31-22(14-33)16-4-5-20(27)19(26)11-16/h1-5,10-12,22,33H,6-9,13-14H2,(H,31,34)(H,28,29,30)/t22-/m1/s1. The van der Waals surface area contributed by atoms with Crippen LogP contribution in [0, 0.1) is 5.82 Å². The summed E-state index contributed by atoms with van der Waals surface area (Å²) >= 11 is 11.9. The Morgan fingerprint density at radius 3 is 2.85 bits per heavy atom.